The zero-order valence-electron chi connectivity index (χ0n) is 13.1. The van der Waals surface area contributed by atoms with Crippen LogP contribution >= 0.6 is 11.8 Å². The maximum Gasteiger partial charge on any atom is 0.269 e. The van der Waals surface area contributed by atoms with Crippen molar-refractivity contribution in [3.05, 3.63) is 64.0 Å². The topological polar surface area (TPSA) is 81.5 Å². The number of hydrogen-bond acceptors (Lipinski definition) is 5. The molecule has 1 unspecified atom stereocenters. The first-order valence-electron chi connectivity index (χ1n) is 7.62. The highest BCUT2D eigenvalue weighted by Gasteiger charge is 2.23. The molecule has 0 saturated carbocycles. The van der Waals surface area contributed by atoms with Crippen LogP contribution in [0, 0.1) is 15.9 Å². The number of amides is 1. The number of halogens is 1. The average molecular weight is 362 g/mol. The largest absolute Gasteiger partial charge is 0.484 e. The standard InChI is InChI=1S/C17H15FN2O4S/c18-11-1-6-16-14(9-11)15(7-8-25-16)19-17(21)10-24-13-4-2-12(3-5-13)20(22)23/h1-6,9,15H,7-8,10H2,(H,19,21). The van der Waals surface area contributed by atoms with Gasteiger partial charge in [-0.1, -0.05) is 0 Å². The van der Waals surface area contributed by atoms with Gasteiger partial charge in [0, 0.05) is 22.8 Å². The fourth-order valence-electron chi connectivity index (χ4n) is 2.56. The second-order valence-corrected chi connectivity index (χ2v) is 6.62. The van der Waals surface area contributed by atoms with Gasteiger partial charge in [0.2, 0.25) is 0 Å². The van der Waals surface area contributed by atoms with Crippen molar-refractivity contribution in [3.63, 3.8) is 0 Å². The smallest absolute Gasteiger partial charge is 0.269 e. The number of nitrogens with one attached hydrogen (secondary N) is 1. The summed E-state index contributed by atoms with van der Waals surface area (Å²) in [6.45, 7) is -0.216. The van der Waals surface area contributed by atoms with Crippen molar-refractivity contribution in [2.45, 2.75) is 17.4 Å². The predicted octanol–water partition coefficient (Wildman–Crippen LogP) is 3.47. The van der Waals surface area contributed by atoms with Crippen LogP contribution in [0.15, 0.2) is 47.4 Å². The molecule has 1 N–H and O–H groups in total. The van der Waals surface area contributed by atoms with E-state index in [9.17, 15) is 19.3 Å². The maximum atomic E-state index is 13.5. The number of non-ortho nitro benzene ring substituents is 1. The van der Waals surface area contributed by atoms with Gasteiger partial charge < -0.3 is 10.1 Å². The summed E-state index contributed by atoms with van der Waals surface area (Å²) in [7, 11) is 0. The number of carbonyl (C=O) groups excluding carboxylic acids is 1. The molecule has 1 amide bonds. The fourth-order valence-corrected chi connectivity index (χ4v) is 3.67. The van der Waals surface area contributed by atoms with Crippen LogP contribution in [0.25, 0.3) is 0 Å². The van der Waals surface area contributed by atoms with Crippen LogP contribution < -0.4 is 10.1 Å². The number of fused-ring (bicyclic) bond motifs is 1. The van der Waals surface area contributed by atoms with Crippen LogP contribution in [-0.2, 0) is 4.79 Å². The lowest BCUT2D eigenvalue weighted by atomic mass is 10.0. The molecule has 0 bridgehead atoms. The molecule has 8 heteroatoms. The third-order valence-corrected chi connectivity index (χ3v) is 4.89. The summed E-state index contributed by atoms with van der Waals surface area (Å²) < 4.78 is 18.8. The average Bonchev–Trinajstić information content (AvgIpc) is 2.61. The molecule has 130 valence electrons. The number of nitrogens with zero attached hydrogens (tertiary/aromatic N) is 1. The Morgan fingerprint density at radius 2 is 2.08 bits per heavy atom. The zero-order chi connectivity index (χ0) is 17.8. The second-order valence-electron chi connectivity index (χ2n) is 5.48. The second kappa shape index (κ2) is 7.52. The molecule has 0 aliphatic carbocycles. The van der Waals surface area contributed by atoms with E-state index in [1.54, 1.807) is 17.8 Å². The van der Waals surface area contributed by atoms with Crippen LogP contribution in [0.2, 0.25) is 0 Å². The summed E-state index contributed by atoms with van der Waals surface area (Å²) >= 11 is 1.64. The monoisotopic (exact) mass is 362 g/mol. The Morgan fingerprint density at radius 1 is 1.32 bits per heavy atom. The summed E-state index contributed by atoms with van der Waals surface area (Å²) in [6, 6.07) is 9.83. The number of rotatable bonds is 5. The molecule has 6 nitrogen and oxygen atoms in total. The number of thioether (sulfide) groups is 1. The lowest BCUT2D eigenvalue weighted by molar-refractivity contribution is -0.384. The van der Waals surface area contributed by atoms with E-state index in [4.69, 9.17) is 4.74 Å². The Morgan fingerprint density at radius 3 is 2.80 bits per heavy atom. The highest BCUT2D eigenvalue weighted by Crippen LogP contribution is 2.36. The van der Waals surface area contributed by atoms with Gasteiger partial charge in [-0.05, 0) is 42.3 Å². The quantitative estimate of drug-likeness (QED) is 0.651. The molecule has 2 aromatic rings. The van der Waals surface area contributed by atoms with Gasteiger partial charge in [-0.25, -0.2) is 4.39 Å². The molecule has 0 spiro atoms. The maximum absolute atomic E-state index is 13.5. The Kier molecular flexibility index (Phi) is 5.18. The van der Waals surface area contributed by atoms with Gasteiger partial charge in [0.1, 0.15) is 11.6 Å². The van der Waals surface area contributed by atoms with E-state index in [0.717, 1.165) is 16.2 Å². The highest BCUT2D eigenvalue weighted by molar-refractivity contribution is 7.99. The Balaban J connectivity index is 1.58. The Hall–Kier alpha value is -2.61. The number of benzene rings is 2. The number of nitro benzene ring substituents is 1. The summed E-state index contributed by atoms with van der Waals surface area (Å²) in [4.78, 5) is 23.2. The summed E-state index contributed by atoms with van der Waals surface area (Å²) in [5.41, 5.74) is 0.732. The summed E-state index contributed by atoms with van der Waals surface area (Å²) in [5, 5.41) is 13.4. The third kappa shape index (κ3) is 4.27. The van der Waals surface area contributed by atoms with E-state index < -0.39 is 4.92 Å². The van der Waals surface area contributed by atoms with Crippen molar-refractivity contribution in [2.75, 3.05) is 12.4 Å². The SMILES string of the molecule is O=C(COc1ccc([N+](=O)[O-])cc1)NC1CCSc2ccc(F)cc21. The van der Waals surface area contributed by atoms with Crippen molar-refractivity contribution in [1.29, 1.82) is 0 Å². The summed E-state index contributed by atoms with van der Waals surface area (Å²) in [6.07, 6.45) is 0.713. The molecule has 0 aromatic heterocycles. The molecule has 1 aliphatic rings. The van der Waals surface area contributed by atoms with Crippen molar-refractivity contribution in [3.8, 4) is 5.75 Å². The van der Waals surface area contributed by atoms with E-state index in [2.05, 4.69) is 5.32 Å². The van der Waals surface area contributed by atoms with Crippen LogP contribution in [-0.4, -0.2) is 23.2 Å². The first-order chi connectivity index (χ1) is 12.0. The van der Waals surface area contributed by atoms with E-state index in [-0.39, 0.29) is 30.1 Å². The molecule has 1 aliphatic heterocycles. The molecule has 3 rings (SSSR count). The predicted molar refractivity (Wildman–Crippen MR) is 91.2 cm³/mol. The number of hydrogen-bond donors (Lipinski definition) is 1. The Labute approximate surface area is 147 Å². The van der Waals surface area contributed by atoms with E-state index in [1.165, 1.54) is 36.4 Å². The molecule has 0 saturated heterocycles. The molecule has 2 aromatic carbocycles. The van der Waals surface area contributed by atoms with Gasteiger partial charge in [0.15, 0.2) is 6.61 Å². The fraction of sp³-hybridized carbons (Fsp3) is 0.235. The lowest BCUT2D eigenvalue weighted by Crippen LogP contribution is -2.34. The normalized spacial score (nSPS) is 16.0. The third-order valence-electron chi connectivity index (χ3n) is 3.76. The van der Waals surface area contributed by atoms with E-state index >= 15 is 0 Å². The van der Waals surface area contributed by atoms with Crippen molar-refractivity contribution >= 4 is 23.4 Å². The van der Waals surface area contributed by atoms with Crippen molar-refractivity contribution in [2.24, 2.45) is 0 Å². The molecular formula is C17H15FN2O4S. The van der Waals surface area contributed by atoms with Gasteiger partial charge >= 0.3 is 0 Å². The zero-order valence-corrected chi connectivity index (χ0v) is 13.9. The Bertz CT molecular complexity index is 798. The van der Waals surface area contributed by atoms with Crippen LogP contribution in [0.5, 0.6) is 5.75 Å². The molecular weight excluding hydrogens is 347 g/mol. The lowest BCUT2D eigenvalue weighted by Gasteiger charge is -2.26. The van der Waals surface area contributed by atoms with Crippen LogP contribution in [0.3, 0.4) is 0 Å². The highest BCUT2D eigenvalue weighted by atomic mass is 32.2. The van der Waals surface area contributed by atoms with Crippen molar-refractivity contribution < 1.29 is 18.8 Å². The first kappa shape index (κ1) is 17.2. The number of carbonyl (C=O) groups is 1. The molecule has 25 heavy (non-hydrogen) atoms. The van der Waals surface area contributed by atoms with E-state index in [0.29, 0.717) is 12.2 Å². The first-order valence-corrected chi connectivity index (χ1v) is 8.60. The van der Waals surface area contributed by atoms with Crippen molar-refractivity contribution in [1.82, 2.24) is 5.32 Å². The van der Waals surface area contributed by atoms with Gasteiger partial charge in [-0.2, -0.15) is 0 Å². The van der Waals surface area contributed by atoms with E-state index in [1.807, 2.05) is 0 Å². The number of nitro groups is 1. The van der Waals surface area contributed by atoms with Gasteiger partial charge in [0.05, 0.1) is 11.0 Å². The minimum absolute atomic E-state index is 0.0462. The molecule has 1 atom stereocenters. The van der Waals surface area contributed by atoms with Gasteiger partial charge in [-0.15, -0.1) is 11.8 Å². The van der Waals surface area contributed by atoms with Gasteiger partial charge in [0.25, 0.3) is 11.6 Å². The minimum atomic E-state index is -0.506. The summed E-state index contributed by atoms with van der Waals surface area (Å²) in [5.74, 6) is 0.548. The van der Waals surface area contributed by atoms with Gasteiger partial charge in [-0.3, -0.25) is 14.9 Å². The van der Waals surface area contributed by atoms with Crippen LogP contribution in [0.4, 0.5) is 10.1 Å². The number of ether oxygens (including phenoxy) is 1. The minimum Gasteiger partial charge on any atom is -0.484 e. The van der Waals surface area contributed by atoms with Crippen LogP contribution in [0.1, 0.15) is 18.0 Å². The molecule has 0 radical (unpaired) electrons. The molecule has 0 fully saturated rings. The molecule has 1 heterocycles.